The highest BCUT2D eigenvalue weighted by atomic mass is 16.7. The highest BCUT2D eigenvalue weighted by molar-refractivity contribution is 5.72. The number of piperidine rings is 1. The van der Waals surface area contributed by atoms with Gasteiger partial charge in [0.15, 0.2) is 11.5 Å². The lowest BCUT2D eigenvalue weighted by molar-refractivity contribution is 0.174. The van der Waals surface area contributed by atoms with Crippen LogP contribution in [0.25, 0.3) is 11.3 Å². The smallest absolute Gasteiger partial charge is 0.231 e. The predicted octanol–water partition coefficient (Wildman–Crippen LogP) is 3.47. The molecule has 2 aromatic rings. The van der Waals surface area contributed by atoms with Gasteiger partial charge < -0.3 is 14.2 Å². The van der Waals surface area contributed by atoms with E-state index in [0.717, 1.165) is 35.1 Å². The molecular formula is C19H22N2O3. The first kappa shape index (κ1) is 15.3. The molecule has 2 aliphatic rings. The number of hydrogen-bond donors (Lipinski definition) is 0. The summed E-state index contributed by atoms with van der Waals surface area (Å²) in [5.41, 5.74) is 3.05. The Bertz CT molecular complexity index is 709. The maximum Gasteiger partial charge on any atom is 0.231 e. The van der Waals surface area contributed by atoms with E-state index in [4.69, 9.17) is 14.2 Å². The molecule has 0 saturated carbocycles. The zero-order valence-electron chi connectivity index (χ0n) is 14.0. The fourth-order valence-electron chi connectivity index (χ4n) is 3.35. The van der Waals surface area contributed by atoms with Crippen LogP contribution >= 0.6 is 0 Å². The molecule has 0 N–H and O–H groups in total. The summed E-state index contributed by atoms with van der Waals surface area (Å²) in [6.45, 7) is 3.62. The highest BCUT2D eigenvalue weighted by Gasteiger charge is 2.19. The predicted molar refractivity (Wildman–Crippen MR) is 91.5 cm³/mol. The lowest BCUT2D eigenvalue weighted by Crippen LogP contribution is -2.29. The first-order chi connectivity index (χ1) is 11.8. The molecule has 0 atom stereocenters. The van der Waals surface area contributed by atoms with Gasteiger partial charge in [0.2, 0.25) is 6.79 Å². The molecule has 0 amide bonds. The maximum absolute atomic E-state index is 5.49. The molecule has 0 aliphatic carbocycles. The molecule has 1 saturated heterocycles. The van der Waals surface area contributed by atoms with Crippen molar-refractivity contribution in [1.82, 2.24) is 9.88 Å². The quantitative estimate of drug-likeness (QED) is 0.861. The lowest BCUT2D eigenvalue weighted by Gasteiger charge is -2.26. The van der Waals surface area contributed by atoms with Gasteiger partial charge in [-0.2, -0.15) is 0 Å². The van der Waals surface area contributed by atoms with E-state index in [1.807, 2.05) is 18.3 Å². The van der Waals surface area contributed by atoms with Crippen LogP contribution in [-0.4, -0.2) is 36.9 Å². The van der Waals surface area contributed by atoms with Crippen LogP contribution in [0.3, 0.4) is 0 Å². The van der Waals surface area contributed by atoms with Gasteiger partial charge in [-0.15, -0.1) is 0 Å². The SMILES string of the molecule is COc1cc2c(cc1-c1ccc(CN3CCCCC3)cn1)OCO2. The van der Waals surface area contributed by atoms with E-state index in [0.29, 0.717) is 0 Å². The summed E-state index contributed by atoms with van der Waals surface area (Å²) in [5, 5.41) is 0. The van der Waals surface area contributed by atoms with Gasteiger partial charge in [0.1, 0.15) is 5.75 Å². The van der Waals surface area contributed by atoms with Crippen LogP contribution in [0.5, 0.6) is 17.2 Å². The number of methoxy groups -OCH3 is 1. The second-order valence-corrected chi connectivity index (χ2v) is 6.29. The highest BCUT2D eigenvalue weighted by Crippen LogP contribution is 2.41. The Hall–Kier alpha value is -2.27. The van der Waals surface area contributed by atoms with Crippen molar-refractivity contribution in [3.05, 3.63) is 36.0 Å². The van der Waals surface area contributed by atoms with E-state index < -0.39 is 0 Å². The normalized spacial score (nSPS) is 17.0. The van der Waals surface area contributed by atoms with Crippen LogP contribution in [0, 0.1) is 0 Å². The molecule has 126 valence electrons. The van der Waals surface area contributed by atoms with Crippen LogP contribution in [0.2, 0.25) is 0 Å². The van der Waals surface area contributed by atoms with E-state index in [9.17, 15) is 0 Å². The Labute approximate surface area is 142 Å². The van der Waals surface area contributed by atoms with Gasteiger partial charge in [0.05, 0.1) is 12.8 Å². The monoisotopic (exact) mass is 326 g/mol. The molecule has 4 rings (SSSR count). The molecule has 0 unspecified atom stereocenters. The number of benzene rings is 1. The maximum atomic E-state index is 5.49. The number of hydrogen-bond acceptors (Lipinski definition) is 5. The van der Waals surface area contributed by atoms with Crippen molar-refractivity contribution in [3.8, 4) is 28.5 Å². The Morgan fingerprint density at radius 3 is 2.58 bits per heavy atom. The molecule has 0 radical (unpaired) electrons. The van der Waals surface area contributed by atoms with E-state index in [1.54, 1.807) is 7.11 Å². The van der Waals surface area contributed by atoms with Crippen molar-refractivity contribution in [3.63, 3.8) is 0 Å². The number of aromatic nitrogens is 1. The Morgan fingerprint density at radius 1 is 1.08 bits per heavy atom. The molecule has 0 bridgehead atoms. The van der Waals surface area contributed by atoms with Crippen molar-refractivity contribution in [2.75, 3.05) is 27.0 Å². The van der Waals surface area contributed by atoms with Crippen molar-refractivity contribution < 1.29 is 14.2 Å². The number of nitrogens with zero attached hydrogens (tertiary/aromatic N) is 2. The molecular weight excluding hydrogens is 304 g/mol. The molecule has 3 heterocycles. The van der Waals surface area contributed by atoms with Gasteiger partial charge in [-0.1, -0.05) is 12.5 Å². The van der Waals surface area contributed by atoms with Crippen LogP contribution in [0.1, 0.15) is 24.8 Å². The summed E-state index contributed by atoms with van der Waals surface area (Å²) in [6.07, 6.45) is 5.94. The largest absolute Gasteiger partial charge is 0.496 e. The molecule has 1 aromatic heterocycles. The number of fused-ring (bicyclic) bond motifs is 1. The van der Waals surface area contributed by atoms with Crippen molar-refractivity contribution in [2.45, 2.75) is 25.8 Å². The number of ether oxygens (including phenoxy) is 3. The Balaban J connectivity index is 1.56. The lowest BCUT2D eigenvalue weighted by atomic mass is 10.1. The van der Waals surface area contributed by atoms with Gasteiger partial charge in [-0.25, -0.2) is 0 Å². The zero-order valence-corrected chi connectivity index (χ0v) is 14.0. The number of pyridine rings is 1. The minimum Gasteiger partial charge on any atom is -0.496 e. The fourth-order valence-corrected chi connectivity index (χ4v) is 3.35. The first-order valence-electron chi connectivity index (χ1n) is 8.49. The zero-order chi connectivity index (χ0) is 16.4. The van der Waals surface area contributed by atoms with E-state index in [1.165, 1.54) is 37.9 Å². The van der Waals surface area contributed by atoms with Crippen molar-refractivity contribution in [2.24, 2.45) is 0 Å². The van der Waals surface area contributed by atoms with Gasteiger partial charge in [-0.3, -0.25) is 9.88 Å². The van der Waals surface area contributed by atoms with Crippen LogP contribution < -0.4 is 14.2 Å². The summed E-state index contributed by atoms with van der Waals surface area (Å²) >= 11 is 0. The Kier molecular flexibility index (Phi) is 4.26. The summed E-state index contributed by atoms with van der Waals surface area (Å²) in [7, 11) is 1.66. The molecule has 1 fully saturated rings. The van der Waals surface area contributed by atoms with Gasteiger partial charge >= 0.3 is 0 Å². The van der Waals surface area contributed by atoms with Gasteiger partial charge in [0, 0.05) is 24.4 Å². The van der Waals surface area contributed by atoms with Crippen LogP contribution in [0.15, 0.2) is 30.5 Å². The molecule has 2 aliphatic heterocycles. The molecule has 5 nitrogen and oxygen atoms in total. The number of likely N-dealkylation sites (tertiary alicyclic amines) is 1. The van der Waals surface area contributed by atoms with Crippen molar-refractivity contribution >= 4 is 0 Å². The van der Waals surface area contributed by atoms with Crippen LogP contribution in [0.4, 0.5) is 0 Å². The summed E-state index contributed by atoms with van der Waals surface area (Å²) < 4.78 is 16.4. The van der Waals surface area contributed by atoms with E-state index in [2.05, 4.69) is 22.0 Å². The van der Waals surface area contributed by atoms with Crippen molar-refractivity contribution in [1.29, 1.82) is 0 Å². The molecule has 24 heavy (non-hydrogen) atoms. The average molecular weight is 326 g/mol. The topological polar surface area (TPSA) is 43.8 Å². The third kappa shape index (κ3) is 3.04. The van der Waals surface area contributed by atoms with Gasteiger partial charge in [-0.05, 0) is 43.6 Å². The molecule has 0 spiro atoms. The Morgan fingerprint density at radius 2 is 1.88 bits per heavy atom. The summed E-state index contributed by atoms with van der Waals surface area (Å²) in [6, 6.07) is 8.01. The minimum absolute atomic E-state index is 0.254. The van der Waals surface area contributed by atoms with Gasteiger partial charge in [0.25, 0.3) is 0 Å². The third-order valence-electron chi connectivity index (χ3n) is 4.65. The molecule has 1 aromatic carbocycles. The second-order valence-electron chi connectivity index (χ2n) is 6.29. The number of rotatable bonds is 4. The summed E-state index contributed by atoms with van der Waals surface area (Å²) in [5.74, 6) is 2.21. The van der Waals surface area contributed by atoms with Crippen LogP contribution in [-0.2, 0) is 6.54 Å². The third-order valence-corrected chi connectivity index (χ3v) is 4.65. The van der Waals surface area contributed by atoms with E-state index >= 15 is 0 Å². The summed E-state index contributed by atoms with van der Waals surface area (Å²) in [4.78, 5) is 7.15. The second kappa shape index (κ2) is 6.69. The molecule has 5 heteroatoms. The van der Waals surface area contributed by atoms with E-state index in [-0.39, 0.29) is 6.79 Å². The first-order valence-corrected chi connectivity index (χ1v) is 8.49. The minimum atomic E-state index is 0.254. The standard InChI is InChI=1S/C19H22N2O3/c1-22-17-10-19-18(23-13-24-19)9-15(17)16-6-5-14(11-20-16)12-21-7-3-2-4-8-21/h5-6,9-11H,2-4,7-8,12-13H2,1H3. The average Bonchev–Trinajstić information content (AvgIpc) is 3.09. The fraction of sp³-hybridized carbons (Fsp3) is 0.421.